The maximum Gasteiger partial charge on any atom is 0.220 e. The van der Waals surface area contributed by atoms with Gasteiger partial charge in [0.25, 0.3) is 0 Å². The van der Waals surface area contributed by atoms with E-state index in [9.17, 15) is 4.79 Å². The molecule has 1 fully saturated rings. The smallest absolute Gasteiger partial charge is 0.220 e. The van der Waals surface area contributed by atoms with Crippen LogP contribution >= 0.6 is 11.8 Å². The summed E-state index contributed by atoms with van der Waals surface area (Å²) in [5, 5.41) is 10.8. The summed E-state index contributed by atoms with van der Waals surface area (Å²) in [4.78, 5) is 13.9. The van der Waals surface area contributed by atoms with Crippen molar-refractivity contribution in [2.45, 2.75) is 36.5 Å². The lowest BCUT2D eigenvalue weighted by atomic mass is 9.81. The molecule has 33 heavy (non-hydrogen) atoms. The zero-order valence-corrected chi connectivity index (χ0v) is 19.8. The number of methoxy groups -OCH3 is 1. The number of carbonyl (C=O) groups excluding carboxylic acids is 1. The summed E-state index contributed by atoms with van der Waals surface area (Å²) < 4.78 is 10.9. The lowest BCUT2D eigenvalue weighted by molar-refractivity contribution is -0.122. The monoisotopic (exact) mass is 465 g/mol. The number of rotatable bonds is 10. The Balaban J connectivity index is 1.28. The van der Waals surface area contributed by atoms with Crippen LogP contribution in [0.2, 0.25) is 0 Å². The molecule has 0 bridgehead atoms. The van der Waals surface area contributed by atoms with E-state index in [2.05, 4.69) is 34.0 Å². The van der Waals surface area contributed by atoms with Crippen molar-refractivity contribution in [2.75, 3.05) is 20.2 Å². The van der Waals surface area contributed by atoms with Crippen molar-refractivity contribution >= 4 is 17.7 Å². The van der Waals surface area contributed by atoms with Gasteiger partial charge in [0.2, 0.25) is 5.91 Å². The number of para-hydroxylation sites is 1. The molecular weight excluding hydrogens is 434 g/mol. The van der Waals surface area contributed by atoms with Gasteiger partial charge in [-0.05, 0) is 56.0 Å². The van der Waals surface area contributed by atoms with Gasteiger partial charge in [-0.1, -0.05) is 41.6 Å². The first-order valence-corrected chi connectivity index (χ1v) is 12.4. The zero-order valence-electron chi connectivity index (χ0n) is 19.0. The maximum atomic E-state index is 12.7. The fraction of sp³-hybridized carbons (Fsp3) is 0.385. The molecule has 7 heteroatoms. The van der Waals surface area contributed by atoms with Gasteiger partial charge in [0.15, 0.2) is 0 Å². The minimum Gasteiger partial charge on any atom is -0.496 e. The van der Waals surface area contributed by atoms with Crippen molar-refractivity contribution < 1.29 is 14.1 Å². The molecule has 0 spiro atoms. The molecule has 2 aromatic carbocycles. The largest absolute Gasteiger partial charge is 0.496 e. The average molecular weight is 466 g/mol. The van der Waals surface area contributed by atoms with Crippen molar-refractivity contribution in [3.05, 3.63) is 77.7 Å². The standard InChI is InChI=1S/C26H31N3O3S/c1-31-25-10-6-5-7-20(25)17-28-26(30)14-19-11-12-27-16-21(19)13-22-15-23(32-29-22)18-33-24-8-3-2-4-9-24/h2-10,15,19,21,27H,11-14,16-18H2,1H3,(H,28,30)/t19-,21-/m0/s1. The predicted molar refractivity (Wildman–Crippen MR) is 130 cm³/mol. The lowest BCUT2D eigenvalue weighted by Gasteiger charge is -2.31. The molecule has 1 amide bonds. The minimum absolute atomic E-state index is 0.0814. The fourth-order valence-corrected chi connectivity index (χ4v) is 5.09. The summed E-state index contributed by atoms with van der Waals surface area (Å²) in [5.74, 6) is 3.20. The van der Waals surface area contributed by atoms with Crippen LogP contribution in [0.1, 0.15) is 29.9 Å². The highest BCUT2D eigenvalue weighted by Crippen LogP contribution is 2.28. The third-order valence-corrected chi connectivity index (χ3v) is 7.12. The van der Waals surface area contributed by atoms with Gasteiger partial charge in [-0.2, -0.15) is 0 Å². The van der Waals surface area contributed by atoms with E-state index in [0.29, 0.717) is 24.8 Å². The summed E-state index contributed by atoms with van der Waals surface area (Å²) in [7, 11) is 1.65. The molecule has 174 valence electrons. The average Bonchev–Trinajstić information content (AvgIpc) is 3.31. The van der Waals surface area contributed by atoms with Crippen LogP contribution in [0.25, 0.3) is 0 Å². The molecule has 4 rings (SSSR count). The van der Waals surface area contributed by atoms with Gasteiger partial charge in [-0.15, -0.1) is 11.8 Å². The van der Waals surface area contributed by atoms with Crippen LogP contribution in [0.3, 0.4) is 0 Å². The second kappa shape index (κ2) is 11.9. The van der Waals surface area contributed by atoms with Crippen molar-refractivity contribution in [3.8, 4) is 5.75 Å². The highest BCUT2D eigenvalue weighted by atomic mass is 32.2. The highest BCUT2D eigenvalue weighted by molar-refractivity contribution is 7.98. The first-order chi connectivity index (χ1) is 16.2. The van der Waals surface area contributed by atoms with Crippen molar-refractivity contribution in [2.24, 2.45) is 11.8 Å². The minimum atomic E-state index is 0.0814. The first kappa shape index (κ1) is 23.4. The number of amides is 1. The number of nitrogens with zero attached hydrogens (tertiary/aromatic N) is 1. The van der Waals surface area contributed by atoms with E-state index in [0.717, 1.165) is 54.5 Å². The van der Waals surface area contributed by atoms with E-state index in [-0.39, 0.29) is 5.91 Å². The summed E-state index contributed by atoms with van der Waals surface area (Å²) >= 11 is 1.74. The molecule has 1 saturated heterocycles. The molecule has 0 saturated carbocycles. The number of nitrogens with one attached hydrogen (secondary N) is 2. The number of thioether (sulfide) groups is 1. The molecule has 1 aliphatic heterocycles. The van der Waals surface area contributed by atoms with E-state index in [1.807, 2.05) is 42.5 Å². The van der Waals surface area contributed by atoms with Gasteiger partial charge < -0.3 is 19.9 Å². The van der Waals surface area contributed by atoms with Gasteiger partial charge >= 0.3 is 0 Å². The Morgan fingerprint density at radius 3 is 2.85 bits per heavy atom. The molecule has 0 aliphatic carbocycles. The van der Waals surface area contributed by atoms with Crippen LogP contribution in [-0.2, 0) is 23.5 Å². The van der Waals surface area contributed by atoms with Gasteiger partial charge in [-0.3, -0.25) is 4.79 Å². The normalized spacial score (nSPS) is 18.1. The summed E-state index contributed by atoms with van der Waals surface area (Å²) in [5.41, 5.74) is 1.95. The van der Waals surface area contributed by atoms with Crippen molar-refractivity contribution in [3.63, 3.8) is 0 Å². The summed E-state index contributed by atoms with van der Waals surface area (Å²) in [6, 6.07) is 20.1. The Labute approximate surface area is 199 Å². The van der Waals surface area contributed by atoms with E-state index in [4.69, 9.17) is 9.26 Å². The summed E-state index contributed by atoms with van der Waals surface area (Å²) in [6.07, 6.45) is 2.33. The van der Waals surface area contributed by atoms with Crippen LogP contribution in [0, 0.1) is 11.8 Å². The number of aromatic nitrogens is 1. The number of benzene rings is 2. The second-order valence-corrected chi connectivity index (χ2v) is 9.44. The van der Waals surface area contributed by atoms with E-state index >= 15 is 0 Å². The molecule has 2 atom stereocenters. The van der Waals surface area contributed by atoms with Crippen LogP contribution in [0.5, 0.6) is 5.75 Å². The molecule has 2 N–H and O–H groups in total. The van der Waals surface area contributed by atoms with E-state index in [1.54, 1.807) is 18.9 Å². The number of piperidine rings is 1. The van der Waals surface area contributed by atoms with Crippen LogP contribution < -0.4 is 15.4 Å². The number of hydrogen-bond acceptors (Lipinski definition) is 6. The SMILES string of the molecule is COc1ccccc1CNC(=O)C[C@@H]1CCNC[C@@H]1Cc1cc(CSc2ccccc2)on1. The molecular formula is C26H31N3O3S. The lowest BCUT2D eigenvalue weighted by Crippen LogP contribution is -2.40. The first-order valence-electron chi connectivity index (χ1n) is 11.4. The van der Waals surface area contributed by atoms with E-state index < -0.39 is 0 Å². The third kappa shape index (κ3) is 6.85. The molecule has 1 aromatic heterocycles. The Bertz CT molecular complexity index is 1020. The highest BCUT2D eigenvalue weighted by Gasteiger charge is 2.28. The van der Waals surface area contributed by atoms with Crippen LogP contribution in [0.15, 0.2) is 70.1 Å². The second-order valence-electron chi connectivity index (χ2n) is 8.40. The van der Waals surface area contributed by atoms with Gasteiger partial charge in [0.1, 0.15) is 11.5 Å². The van der Waals surface area contributed by atoms with Crippen LogP contribution in [0.4, 0.5) is 0 Å². The Morgan fingerprint density at radius 2 is 2.00 bits per heavy atom. The van der Waals surface area contributed by atoms with E-state index in [1.165, 1.54) is 4.90 Å². The number of ether oxygens (including phenoxy) is 1. The number of hydrogen-bond donors (Lipinski definition) is 2. The molecule has 0 radical (unpaired) electrons. The Morgan fingerprint density at radius 1 is 1.18 bits per heavy atom. The van der Waals surface area contributed by atoms with Crippen LogP contribution in [-0.4, -0.2) is 31.3 Å². The third-order valence-electron chi connectivity index (χ3n) is 6.08. The molecule has 0 unspecified atom stereocenters. The summed E-state index contributed by atoms with van der Waals surface area (Å²) in [6.45, 7) is 2.31. The Hall–Kier alpha value is -2.77. The van der Waals surface area contributed by atoms with Gasteiger partial charge in [-0.25, -0.2) is 0 Å². The zero-order chi connectivity index (χ0) is 22.9. The predicted octanol–water partition coefficient (Wildman–Crippen LogP) is 4.45. The molecule has 1 aliphatic rings. The molecule has 6 nitrogen and oxygen atoms in total. The number of carbonyl (C=O) groups is 1. The topological polar surface area (TPSA) is 76.4 Å². The van der Waals surface area contributed by atoms with Gasteiger partial charge in [0.05, 0.1) is 18.6 Å². The molecule has 2 heterocycles. The quantitative estimate of drug-likeness (QED) is 0.431. The van der Waals surface area contributed by atoms with Crippen molar-refractivity contribution in [1.82, 2.24) is 15.8 Å². The van der Waals surface area contributed by atoms with Gasteiger partial charge in [0, 0.05) is 29.5 Å². The maximum absolute atomic E-state index is 12.7. The Kier molecular flexibility index (Phi) is 8.44. The fourth-order valence-electron chi connectivity index (χ4n) is 4.30. The van der Waals surface area contributed by atoms with Crippen molar-refractivity contribution in [1.29, 1.82) is 0 Å². The molecule has 3 aromatic rings.